The number of nitrogens with one attached hydrogen (secondary N) is 1. The van der Waals surface area contributed by atoms with E-state index >= 15 is 0 Å². The molecule has 1 heterocycles. The largest absolute Gasteiger partial charge is 0.495 e. The molecule has 1 aromatic heterocycles. The topological polar surface area (TPSA) is 60.3 Å². The van der Waals surface area contributed by atoms with E-state index in [2.05, 4.69) is 5.32 Å². The Hall–Kier alpha value is -2.21. The number of anilines is 1. The van der Waals surface area contributed by atoms with Crippen LogP contribution in [0.4, 0.5) is 5.69 Å². The molecular formula is C18H13Cl3N2O3. The highest BCUT2D eigenvalue weighted by atomic mass is 35.5. The fourth-order valence-corrected chi connectivity index (χ4v) is 3.29. The molecular weight excluding hydrogens is 399 g/mol. The number of amides is 1. The molecule has 0 aliphatic carbocycles. The first-order valence-corrected chi connectivity index (χ1v) is 8.64. The van der Waals surface area contributed by atoms with Crippen LogP contribution in [0.5, 0.6) is 5.75 Å². The van der Waals surface area contributed by atoms with Crippen molar-refractivity contribution < 1.29 is 9.53 Å². The molecule has 0 fully saturated rings. The number of nitrogens with zero attached hydrogens (tertiary/aromatic N) is 1. The highest BCUT2D eigenvalue weighted by Crippen LogP contribution is 2.28. The fraction of sp³-hybridized carbons (Fsp3) is 0.111. The average molecular weight is 412 g/mol. The van der Waals surface area contributed by atoms with Gasteiger partial charge in [0.15, 0.2) is 0 Å². The molecule has 0 unspecified atom stereocenters. The van der Waals surface area contributed by atoms with Gasteiger partial charge in [-0.3, -0.25) is 9.59 Å². The number of hydrogen-bond acceptors (Lipinski definition) is 3. The predicted octanol–water partition coefficient (Wildman–Crippen LogP) is 4.61. The standard InChI is InChI=1S/C18H13Cl3N2O3/c1-26-16-3-2-10(19)8-15(16)22-17(24)9-23-5-4-12-13(18(23)25)6-11(20)7-14(12)21/h2-8H,9H2,1H3,(H,22,24). The van der Waals surface area contributed by atoms with E-state index in [4.69, 9.17) is 39.5 Å². The molecule has 0 aliphatic rings. The Morgan fingerprint density at radius 3 is 2.58 bits per heavy atom. The third kappa shape index (κ3) is 3.80. The number of rotatable bonds is 4. The van der Waals surface area contributed by atoms with Crippen LogP contribution in [0.25, 0.3) is 10.8 Å². The maximum absolute atomic E-state index is 12.6. The van der Waals surface area contributed by atoms with Gasteiger partial charge in [-0.25, -0.2) is 0 Å². The van der Waals surface area contributed by atoms with Crippen molar-refractivity contribution in [2.24, 2.45) is 0 Å². The van der Waals surface area contributed by atoms with Crippen LogP contribution in [-0.2, 0) is 11.3 Å². The Labute approximate surface area is 164 Å². The van der Waals surface area contributed by atoms with Crippen molar-refractivity contribution in [3.8, 4) is 5.75 Å². The molecule has 0 bridgehead atoms. The van der Waals surface area contributed by atoms with Gasteiger partial charge in [-0.15, -0.1) is 0 Å². The number of hydrogen-bond donors (Lipinski definition) is 1. The Bertz CT molecular complexity index is 1060. The summed E-state index contributed by atoms with van der Waals surface area (Å²) >= 11 is 18.0. The third-order valence-electron chi connectivity index (χ3n) is 3.76. The van der Waals surface area contributed by atoms with Gasteiger partial charge in [0.1, 0.15) is 12.3 Å². The van der Waals surface area contributed by atoms with Crippen LogP contribution in [0.2, 0.25) is 15.1 Å². The normalized spacial score (nSPS) is 10.8. The number of carbonyl (C=O) groups excluding carboxylic acids is 1. The monoisotopic (exact) mass is 410 g/mol. The number of fused-ring (bicyclic) bond motifs is 1. The zero-order valence-electron chi connectivity index (χ0n) is 13.6. The van der Waals surface area contributed by atoms with E-state index < -0.39 is 5.91 Å². The highest BCUT2D eigenvalue weighted by Gasteiger charge is 2.12. The Morgan fingerprint density at radius 1 is 1.08 bits per heavy atom. The van der Waals surface area contributed by atoms with Crippen LogP contribution in [0.3, 0.4) is 0 Å². The molecule has 2 aromatic carbocycles. The van der Waals surface area contributed by atoms with Gasteiger partial charge >= 0.3 is 0 Å². The summed E-state index contributed by atoms with van der Waals surface area (Å²) < 4.78 is 6.47. The molecule has 1 N–H and O–H groups in total. The van der Waals surface area contributed by atoms with Gasteiger partial charge in [0.05, 0.1) is 23.2 Å². The second kappa shape index (κ2) is 7.58. The predicted molar refractivity (Wildman–Crippen MR) is 105 cm³/mol. The average Bonchev–Trinajstić information content (AvgIpc) is 2.58. The molecule has 3 rings (SSSR count). The lowest BCUT2D eigenvalue weighted by Gasteiger charge is -2.12. The van der Waals surface area contributed by atoms with E-state index in [1.807, 2.05) is 0 Å². The molecule has 1 amide bonds. The maximum atomic E-state index is 12.6. The Kier molecular flexibility index (Phi) is 5.41. The van der Waals surface area contributed by atoms with Crippen molar-refractivity contribution in [3.05, 3.63) is 68.0 Å². The molecule has 0 saturated heterocycles. The number of benzene rings is 2. The number of carbonyl (C=O) groups is 1. The summed E-state index contributed by atoms with van der Waals surface area (Å²) in [5, 5.41) is 4.80. The molecule has 5 nitrogen and oxygen atoms in total. The molecule has 26 heavy (non-hydrogen) atoms. The summed E-state index contributed by atoms with van der Waals surface area (Å²) in [6.45, 7) is -0.186. The fourth-order valence-electron chi connectivity index (χ4n) is 2.56. The van der Waals surface area contributed by atoms with E-state index in [1.165, 1.54) is 23.9 Å². The highest BCUT2D eigenvalue weighted by molar-refractivity contribution is 6.38. The summed E-state index contributed by atoms with van der Waals surface area (Å²) in [7, 11) is 1.49. The smallest absolute Gasteiger partial charge is 0.258 e. The zero-order chi connectivity index (χ0) is 18.8. The molecule has 0 aliphatic heterocycles. The van der Waals surface area contributed by atoms with Crippen LogP contribution in [-0.4, -0.2) is 17.6 Å². The van der Waals surface area contributed by atoms with Gasteiger partial charge in [0.2, 0.25) is 5.91 Å². The van der Waals surface area contributed by atoms with Crippen molar-refractivity contribution in [2.45, 2.75) is 6.54 Å². The Morgan fingerprint density at radius 2 is 1.85 bits per heavy atom. The first-order valence-electron chi connectivity index (χ1n) is 7.50. The molecule has 0 spiro atoms. The first-order chi connectivity index (χ1) is 12.4. The third-order valence-corrected chi connectivity index (χ3v) is 4.52. The van der Waals surface area contributed by atoms with Crippen LogP contribution >= 0.6 is 34.8 Å². The van der Waals surface area contributed by atoms with E-state index in [9.17, 15) is 9.59 Å². The summed E-state index contributed by atoms with van der Waals surface area (Å²) in [5.74, 6) is 0.0623. The van der Waals surface area contributed by atoms with E-state index in [0.29, 0.717) is 37.3 Å². The van der Waals surface area contributed by atoms with Gasteiger partial charge in [-0.1, -0.05) is 34.8 Å². The minimum Gasteiger partial charge on any atom is -0.495 e. The lowest BCUT2D eigenvalue weighted by atomic mass is 10.2. The number of aromatic nitrogens is 1. The minimum absolute atomic E-state index is 0.186. The van der Waals surface area contributed by atoms with Crippen molar-refractivity contribution in [1.29, 1.82) is 0 Å². The van der Waals surface area contributed by atoms with E-state index in [-0.39, 0.29) is 12.1 Å². The lowest BCUT2D eigenvalue weighted by Crippen LogP contribution is -2.27. The van der Waals surface area contributed by atoms with Gasteiger partial charge in [-0.05, 0) is 36.4 Å². The number of methoxy groups -OCH3 is 1. The van der Waals surface area contributed by atoms with Crippen molar-refractivity contribution in [3.63, 3.8) is 0 Å². The van der Waals surface area contributed by atoms with Crippen LogP contribution < -0.4 is 15.6 Å². The Balaban J connectivity index is 1.90. The van der Waals surface area contributed by atoms with Crippen LogP contribution in [0, 0.1) is 0 Å². The van der Waals surface area contributed by atoms with Gasteiger partial charge in [0, 0.05) is 21.6 Å². The van der Waals surface area contributed by atoms with Crippen molar-refractivity contribution in [1.82, 2.24) is 4.57 Å². The van der Waals surface area contributed by atoms with Gasteiger partial charge in [-0.2, -0.15) is 0 Å². The number of pyridine rings is 1. The minimum atomic E-state index is -0.403. The van der Waals surface area contributed by atoms with E-state index in [1.54, 1.807) is 30.3 Å². The van der Waals surface area contributed by atoms with Crippen molar-refractivity contribution >= 4 is 57.2 Å². The lowest BCUT2D eigenvalue weighted by molar-refractivity contribution is -0.116. The molecule has 0 saturated carbocycles. The molecule has 0 radical (unpaired) electrons. The quantitative estimate of drug-likeness (QED) is 0.682. The summed E-state index contributed by atoms with van der Waals surface area (Å²) in [6.07, 6.45) is 1.51. The SMILES string of the molecule is COc1ccc(Cl)cc1NC(=O)Cn1ccc2c(Cl)cc(Cl)cc2c1=O. The maximum Gasteiger partial charge on any atom is 0.258 e. The van der Waals surface area contributed by atoms with Gasteiger partial charge < -0.3 is 14.6 Å². The van der Waals surface area contributed by atoms with E-state index in [0.717, 1.165) is 0 Å². The number of ether oxygens (including phenoxy) is 1. The molecule has 134 valence electrons. The van der Waals surface area contributed by atoms with Gasteiger partial charge in [0.25, 0.3) is 5.56 Å². The number of halogens is 3. The van der Waals surface area contributed by atoms with Crippen LogP contribution in [0.1, 0.15) is 0 Å². The van der Waals surface area contributed by atoms with Crippen molar-refractivity contribution in [2.75, 3.05) is 12.4 Å². The molecule has 8 heteroatoms. The first kappa shape index (κ1) is 18.6. The second-order valence-electron chi connectivity index (χ2n) is 5.49. The molecule has 0 atom stereocenters. The second-order valence-corrected chi connectivity index (χ2v) is 6.77. The summed E-state index contributed by atoms with van der Waals surface area (Å²) in [4.78, 5) is 25.0. The zero-order valence-corrected chi connectivity index (χ0v) is 15.8. The molecule has 3 aromatic rings. The summed E-state index contributed by atoms with van der Waals surface area (Å²) in [5.41, 5.74) is 0.0602. The van der Waals surface area contributed by atoms with Crippen LogP contribution in [0.15, 0.2) is 47.4 Å². The summed E-state index contributed by atoms with van der Waals surface area (Å²) in [6, 6.07) is 9.62.